The van der Waals surface area contributed by atoms with Crippen molar-refractivity contribution in [2.24, 2.45) is 10.5 Å². The van der Waals surface area contributed by atoms with Gasteiger partial charge in [-0.15, -0.1) is 5.10 Å². The molecule has 6 rings (SSSR count). The number of carboxylic acids is 2. The van der Waals surface area contributed by atoms with E-state index in [9.17, 15) is 78.0 Å². The summed E-state index contributed by atoms with van der Waals surface area (Å²) in [5.41, 5.74) is 9.80. The molecule has 117 heavy (non-hydrogen) atoms. The lowest BCUT2D eigenvalue weighted by Crippen LogP contribution is -2.67. The van der Waals surface area contributed by atoms with Gasteiger partial charge in [0.1, 0.15) is 64.8 Å². The molecule has 0 spiro atoms. The van der Waals surface area contributed by atoms with Crippen molar-refractivity contribution in [2.45, 2.75) is 212 Å². The number of rotatable bonds is 47. The summed E-state index contributed by atoms with van der Waals surface area (Å²) in [5, 5.41) is 84.0. The van der Waals surface area contributed by atoms with Crippen LogP contribution in [0.15, 0.2) is 103 Å². The van der Waals surface area contributed by atoms with Gasteiger partial charge in [-0.2, -0.15) is 0 Å². The molecule has 38 heteroatoms. The molecule has 0 fully saturated rings. The smallest absolute Gasteiger partial charge is 0.326 e. The van der Waals surface area contributed by atoms with Crippen molar-refractivity contribution < 1.29 is 91.8 Å². The van der Waals surface area contributed by atoms with Crippen LogP contribution in [-0.2, 0) is 101 Å². The zero-order valence-corrected chi connectivity index (χ0v) is 67.3. The fraction of sp³-hybridized carbons (Fsp3) is 0.494. The number of aromatic nitrogens is 6. The number of aromatic amines is 2. The number of hydrogen-bond donors (Lipinski definition) is 16. The van der Waals surface area contributed by atoms with E-state index < -0.39 is 174 Å². The first-order valence-corrected chi connectivity index (χ1v) is 38.1. The van der Waals surface area contributed by atoms with Crippen LogP contribution in [0.4, 0.5) is 4.39 Å². The summed E-state index contributed by atoms with van der Waals surface area (Å²) in [6.45, 7) is 15.6. The first-order chi connectivity index (χ1) is 55.3. The summed E-state index contributed by atoms with van der Waals surface area (Å²) < 4.78 is 27.5. The van der Waals surface area contributed by atoms with Crippen LogP contribution in [-0.4, -0.2) is 221 Å². The van der Waals surface area contributed by atoms with Crippen molar-refractivity contribution in [3.05, 3.63) is 159 Å². The maximum absolute atomic E-state index is 15.7. The predicted octanol–water partition coefficient (Wildman–Crippen LogP) is 2.33. The van der Waals surface area contributed by atoms with Crippen molar-refractivity contribution in [2.75, 3.05) is 32.8 Å². The molecule has 0 radical (unpaired) electrons. The number of hydrogen-bond acceptors (Lipinski definition) is 21. The number of aliphatic hydroxyl groups is 2. The van der Waals surface area contributed by atoms with Crippen LogP contribution in [0.1, 0.15) is 139 Å². The van der Waals surface area contributed by atoms with Crippen molar-refractivity contribution >= 4 is 71.0 Å². The molecule has 0 aliphatic heterocycles. The minimum absolute atomic E-state index is 0.00436. The highest BCUT2D eigenvalue weighted by molar-refractivity contribution is 6.06. The number of ether oxygens (including phenoxy) is 2. The van der Waals surface area contributed by atoms with Crippen LogP contribution in [0.5, 0.6) is 5.75 Å². The number of aryl methyl sites for hydroxylation is 4. The molecule has 0 aliphatic carbocycles. The minimum atomic E-state index is -2.40. The number of imidazole rings is 1. The molecule has 4 aromatic carbocycles. The third kappa shape index (κ3) is 30.1. The number of aliphatic carboxylic acids is 2. The Morgan fingerprint density at radius 2 is 1.29 bits per heavy atom. The number of carboxylic acid groups (broad SMARTS) is 2. The van der Waals surface area contributed by atoms with Gasteiger partial charge in [-0.25, -0.2) is 19.3 Å². The molecule has 0 saturated carbocycles. The van der Waals surface area contributed by atoms with E-state index in [1.807, 2.05) is 57.2 Å². The first kappa shape index (κ1) is 93.6. The fourth-order valence-corrected chi connectivity index (χ4v) is 12.2. The number of unbranched alkanes of at least 4 members (excludes halogenated alkanes) is 1. The molecule has 10 atom stereocenters. The molecule has 632 valence electrons. The van der Waals surface area contributed by atoms with Crippen LogP contribution in [0.25, 0.3) is 21.6 Å². The van der Waals surface area contributed by atoms with E-state index in [0.717, 1.165) is 60.2 Å². The second kappa shape index (κ2) is 44.6. The van der Waals surface area contributed by atoms with Gasteiger partial charge in [0.25, 0.3) is 0 Å². The van der Waals surface area contributed by atoms with Gasteiger partial charge in [0.15, 0.2) is 5.82 Å². The minimum Gasteiger partial charge on any atom is -0.494 e. The Bertz CT molecular complexity index is 4440. The molecule has 0 saturated heterocycles. The van der Waals surface area contributed by atoms with E-state index in [-0.39, 0.29) is 37.2 Å². The van der Waals surface area contributed by atoms with E-state index >= 15 is 4.39 Å². The SMILES string of the molecule is CCc1cc(OCCCCN=[N+]=[N-])ccc1-c1ccc(C[C@H](NC(=O)[C@H](CC(=O)O)NC(=O)[C@H](COC(C)(C)C)NC(=O)[C@@H](NC(=O)C(C)(Cc2ccccc2F)NC(=O)[C@@H](NC(=O)CNC(=O)[C@H](Cc2nnn[nH]2)NC(=O)C(C)(C)C(=O)NCCc2cnc[nH]2)[C@@H](C)O)[C@@H](C)O)C(=O)N[C@@H](CCCc2cc(C)cc(C)c2)C(=O)O)cc1. The molecule has 0 aliphatic rings. The van der Waals surface area contributed by atoms with Gasteiger partial charge < -0.3 is 88.1 Å². The number of nitrogens with one attached hydrogen (secondary N) is 12. The third-order valence-corrected chi connectivity index (χ3v) is 18.7. The number of aliphatic hydroxyl groups excluding tert-OH is 2. The first-order valence-electron chi connectivity index (χ1n) is 38.1. The molecule has 6 aromatic rings. The molecular formula is C79H106FN19O18. The predicted molar refractivity (Wildman–Crippen MR) is 422 cm³/mol. The number of H-pyrrole nitrogens is 2. The molecule has 10 amide bonds. The standard InChI is InChI=1S/C79H106FN19O18/c1-12-50-36-54(116-31-16-15-29-86-97-81)26-27-55(50)51-24-22-48(23-25-51)35-58(68(106)87-57(73(111)112)21-17-18-49-33-44(2)32-45(3)34-49)88-69(107)60(38-64(103)104)89-70(108)61(42-117-77(6,7)8)90-71(109)65(46(4)100)93-76(115)79(11,39-52-19-13-14-20-56(52)80)94-72(110)66(47(5)101)92-63(102)41-84-67(105)59(37-62-95-98-99-96-62)91-75(114)78(9,10)74(113)83-30-28-53-40-82-43-85-53/h13-14,19-20,22-27,32-34,36,40,43,46-47,57-61,65-66,100-101H,12,15-18,21,28-31,35,37-39,41-42H2,1-11H3,(H,82,85)(H,83,113)(H,84,105)(H,87,106)(H,88,107)(H,89,108)(H,90,109)(H,91,114)(H,92,102)(H,93,115)(H,94,110)(H,103,104)(H,111,112)(H,95,96,98,99)/t46-,47-,57+,58+,59+,60+,61+,65+,66+,79?/m1/s1. The van der Waals surface area contributed by atoms with Crippen molar-refractivity contribution in [1.82, 2.24) is 83.8 Å². The normalized spacial score (nSPS) is 14.2. The largest absolute Gasteiger partial charge is 0.494 e. The highest BCUT2D eigenvalue weighted by atomic mass is 19.1. The lowest BCUT2D eigenvalue weighted by molar-refractivity contribution is -0.144. The molecule has 1 unspecified atom stereocenters. The van der Waals surface area contributed by atoms with Gasteiger partial charge in [0, 0.05) is 55.6 Å². The number of carbonyl (C=O) groups is 12. The second-order valence-corrected chi connectivity index (χ2v) is 30.1. The fourth-order valence-electron chi connectivity index (χ4n) is 12.2. The summed E-state index contributed by atoms with van der Waals surface area (Å²) in [6, 6.07) is 10.8. The topological polar surface area (TPSA) is 556 Å². The van der Waals surface area contributed by atoms with Crippen molar-refractivity contribution in [3.8, 4) is 16.9 Å². The van der Waals surface area contributed by atoms with E-state index in [1.54, 1.807) is 51.2 Å². The van der Waals surface area contributed by atoms with Crippen molar-refractivity contribution in [1.29, 1.82) is 0 Å². The highest BCUT2D eigenvalue weighted by Crippen LogP contribution is 2.30. The van der Waals surface area contributed by atoms with Gasteiger partial charge in [0.05, 0.1) is 50.3 Å². The zero-order chi connectivity index (χ0) is 86.3. The summed E-state index contributed by atoms with van der Waals surface area (Å²) in [5.74, 6) is -14.5. The molecule has 16 N–H and O–H groups in total. The van der Waals surface area contributed by atoms with E-state index in [1.165, 1.54) is 38.4 Å². The molecule has 0 bridgehead atoms. The summed E-state index contributed by atoms with van der Waals surface area (Å²) in [7, 11) is 0. The maximum Gasteiger partial charge on any atom is 0.326 e. The number of amides is 10. The Balaban J connectivity index is 1.22. The Labute approximate surface area is 675 Å². The van der Waals surface area contributed by atoms with Crippen molar-refractivity contribution in [3.63, 3.8) is 0 Å². The summed E-state index contributed by atoms with van der Waals surface area (Å²) in [6.07, 6.45) is -0.224. The van der Waals surface area contributed by atoms with Gasteiger partial charge in [-0.3, -0.25) is 52.7 Å². The summed E-state index contributed by atoms with van der Waals surface area (Å²) in [4.78, 5) is 178. The van der Waals surface area contributed by atoms with E-state index in [0.29, 0.717) is 68.7 Å². The lowest BCUT2D eigenvalue weighted by atomic mass is 9.90. The average Bonchev–Trinajstić information content (AvgIpc) is 1.43. The number of carbonyl (C=O) groups excluding carboxylic acids is 10. The molecular weight excluding hydrogens is 1520 g/mol. The Morgan fingerprint density at radius 3 is 1.91 bits per heavy atom. The van der Waals surface area contributed by atoms with E-state index in [4.69, 9.17) is 15.0 Å². The maximum atomic E-state index is 15.7. The third-order valence-electron chi connectivity index (χ3n) is 18.7. The quantitative estimate of drug-likeness (QED) is 0.00857. The number of benzene rings is 4. The van der Waals surface area contributed by atoms with Gasteiger partial charge in [-0.05, 0) is 175 Å². The number of halogens is 1. The number of nitrogens with zero attached hydrogens (tertiary/aromatic N) is 7. The van der Waals surface area contributed by atoms with Gasteiger partial charge in [0.2, 0.25) is 59.1 Å². The second-order valence-electron chi connectivity index (χ2n) is 30.1. The molecule has 2 aromatic heterocycles. The van der Waals surface area contributed by atoms with Crippen LogP contribution in [0.3, 0.4) is 0 Å². The molecule has 37 nitrogen and oxygen atoms in total. The zero-order valence-electron chi connectivity index (χ0n) is 67.3. The Hall–Kier alpha value is -12.3. The van der Waals surface area contributed by atoms with Crippen LogP contribution >= 0.6 is 0 Å². The van der Waals surface area contributed by atoms with Crippen LogP contribution in [0.2, 0.25) is 0 Å². The lowest BCUT2D eigenvalue weighted by Gasteiger charge is -2.34. The van der Waals surface area contributed by atoms with Gasteiger partial charge >= 0.3 is 11.9 Å². The Kier molecular flexibility index (Phi) is 35.6. The molecule has 2 heterocycles. The average molecular weight is 1630 g/mol. The number of azide groups is 1. The van der Waals surface area contributed by atoms with E-state index in [2.05, 4.69) is 93.8 Å². The van der Waals surface area contributed by atoms with Gasteiger partial charge in [-0.1, -0.05) is 89.9 Å². The highest BCUT2D eigenvalue weighted by Gasteiger charge is 2.44. The summed E-state index contributed by atoms with van der Waals surface area (Å²) >= 11 is 0. The number of tetrazole rings is 1. The van der Waals surface area contributed by atoms with Crippen LogP contribution in [0, 0.1) is 25.1 Å². The van der Waals surface area contributed by atoms with Crippen LogP contribution < -0.4 is 57.9 Å². The monoisotopic (exact) mass is 1630 g/mol. The Morgan fingerprint density at radius 1 is 0.650 bits per heavy atom.